The van der Waals surface area contributed by atoms with E-state index < -0.39 is 0 Å². The maximum Gasteiger partial charge on any atom is 0.191 e. The first-order valence-corrected chi connectivity index (χ1v) is 10.0. The van der Waals surface area contributed by atoms with Crippen LogP contribution in [0.5, 0.6) is 0 Å². The zero-order valence-electron chi connectivity index (χ0n) is 14.9. The number of likely N-dealkylation sites (tertiary alicyclic amines) is 1. The third kappa shape index (κ3) is 6.54. The SMILES string of the molecule is CN=C(NCCSc1ccc(Cl)cc1)NC1CCN(C(C)C)CC1. The van der Waals surface area contributed by atoms with E-state index in [1.54, 1.807) is 0 Å². The summed E-state index contributed by atoms with van der Waals surface area (Å²) < 4.78 is 0. The molecule has 1 fully saturated rings. The molecule has 24 heavy (non-hydrogen) atoms. The van der Waals surface area contributed by atoms with Gasteiger partial charge in [0, 0.05) is 54.4 Å². The number of guanidine groups is 1. The molecule has 1 aromatic rings. The van der Waals surface area contributed by atoms with Gasteiger partial charge in [0.25, 0.3) is 0 Å². The Balaban J connectivity index is 1.65. The highest BCUT2D eigenvalue weighted by Crippen LogP contribution is 2.19. The van der Waals surface area contributed by atoms with Gasteiger partial charge in [-0.1, -0.05) is 11.6 Å². The van der Waals surface area contributed by atoms with Gasteiger partial charge >= 0.3 is 0 Å². The van der Waals surface area contributed by atoms with Gasteiger partial charge in [0.2, 0.25) is 0 Å². The van der Waals surface area contributed by atoms with Crippen molar-refractivity contribution in [3.05, 3.63) is 29.3 Å². The average molecular weight is 369 g/mol. The fourth-order valence-corrected chi connectivity index (χ4v) is 3.71. The van der Waals surface area contributed by atoms with E-state index in [1.807, 2.05) is 30.9 Å². The minimum absolute atomic E-state index is 0.523. The number of hydrogen-bond acceptors (Lipinski definition) is 3. The zero-order chi connectivity index (χ0) is 17.4. The van der Waals surface area contributed by atoms with Crippen LogP contribution in [0, 0.1) is 0 Å². The molecule has 6 heteroatoms. The van der Waals surface area contributed by atoms with E-state index in [1.165, 1.54) is 30.8 Å². The van der Waals surface area contributed by atoms with Crippen molar-refractivity contribution in [1.29, 1.82) is 0 Å². The molecule has 0 aliphatic carbocycles. The van der Waals surface area contributed by atoms with Crippen molar-refractivity contribution in [2.75, 3.05) is 32.4 Å². The van der Waals surface area contributed by atoms with E-state index in [2.05, 4.69) is 46.5 Å². The molecule has 1 heterocycles. The maximum atomic E-state index is 5.90. The molecule has 0 unspecified atom stereocenters. The Kier molecular flexibility index (Phi) is 8.22. The molecular formula is C18H29ClN4S. The quantitative estimate of drug-likeness (QED) is 0.349. The van der Waals surface area contributed by atoms with Gasteiger partial charge in [0.15, 0.2) is 5.96 Å². The highest BCUT2D eigenvalue weighted by Gasteiger charge is 2.21. The Bertz CT molecular complexity index is 510. The molecule has 0 aromatic heterocycles. The molecule has 0 saturated carbocycles. The molecule has 134 valence electrons. The molecule has 0 spiro atoms. The lowest BCUT2D eigenvalue weighted by Crippen LogP contribution is -2.50. The number of rotatable bonds is 6. The van der Waals surface area contributed by atoms with Crippen molar-refractivity contribution in [2.45, 2.75) is 43.7 Å². The molecule has 0 radical (unpaired) electrons. The van der Waals surface area contributed by atoms with Gasteiger partial charge < -0.3 is 15.5 Å². The normalized spacial score (nSPS) is 17.3. The molecule has 1 aromatic carbocycles. The molecule has 1 aliphatic heterocycles. The van der Waals surface area contributed by atoms with Gasteiger partial charge in [0.05, 0.1) is 0 Å². The largest absolute Gasteiger partial charge is 0.356 e. The lowest BCUT2D eigenvalue weighted by molar-refractivity contribution is 0.167. The van der Waals surface area contributed by atoms with Gasteiger partial charge in [-0.15, -0.1) is 11.8 Å². The van der Waals surface area contributed by atoms with Crippen molar-refractivity contribution in [1.82, 2.24) is 15.5 Å². The van der Waals surface area contributed by atoms with E-state index in [0.29, 0.717) is 12.1 Å². The molecule has 0 amide bonds. The third-order valence-electron chi connectivity index (χ3n) is 4.30. The lowest BCUT2D eigenvalue weighted by Gasteiger charge is -2.35. The lowest BCUT2D eigenvalue weighted by atomic mass is 10.0. The Hall–Kier alpha value is -0.910. The Morgan fingerprint density at radius 1 is 1.29 bits per heavy atom. The zero-order valence-corrected chi connectivity index (χ0v) is 16.5. The third-order valence-corrected chi connectivity index (χ3v) is 5.57. The van der Waals surface area contributed by atoms with Crippen LogP contribution in [0.1, 0.15) is 26.7 Å². The van der Waals surface area contributed by atoms with Crippen molar-refractivity contribution in [2.24, 2.45) is 4.99 Å². The van der Waals surface area contributed by atoms with Crippen LogP contribution in [-0.4, -0.2) is 55.4 Å². The first-order chi connectivity index (χ1) is 11.6. The molecule has 4 nitrogen and oxygen atoms in total. The fraction of sp³-hybridized carbons (Fsp3) is 0.611. The number of nitrogens with zero attached hydrogens (tertiary/aromatic N) is 2. The number of nitrogens with one attached hydrogen (secondary N) is 2. The number of hydrogen-bond donors (Lipinski definition) is 2. The summed E-state index contributed by atoms with van der Waals surface area (Å²) in [7, 11) is 1.84. The summed E-state index contributed by atoms with van der Waals surface area (Å²) in [6.45, 7) is 7.76. The van der Waals surface area contributed by atoms with Crippen LogP contribution in [-0.2, 0) is 0 Å². The molecule has 1 aliphatic rings. The van der Waals surface area contributed by atoms with E-state index in [4.69, 9.17) is 11.6 Å². The van der Waals surface area contributed by atoms with Gasteiger partial charge in [-0.3, -0.25) is 4.99 Å². The van der Waals surface area contributed by atoms with Crippen LogP contribution < -0.4 is 10.6 Å². The predicted molar refractivity (Wildman–Crippen MR) is 106 cm³/mol. The summed E-state index contributed by atoms with van der Waals surface area (Å²) in [6.07, 6.45) is 2.36. The first kappa shape index (κ1) is 19.4. The second kappa shape index (κ2) is 10.2. The predicted octanol–water partition coefficient (Wildman–Crippen LogP) is 3.47. The summed E-state index contributed by atoms with van der Waals surface area (Å²) in [5.74, 6) is 1.91. The summed E-state index contributed by atoms with van der Waals surface area (Å²) in [5, 5.41) is 7.75. The summed E-state index contributed by atoms with van der Waals surface area (Å²) in [5.41, 5.74) is 0. The van der Waals surface area contributed by atoms with Crippen molar-refractivity contribution < 1.29 is 0 Å². The Morgan fingerprint density at radius 3 is 2.54 bits per heavy atom. The summed E-state index contributed by atoms with van der Waals surface area (Å²) in [6, 6.07) is 9.15. The number of benzene rings is 1. The van der Waals surface area contributed by atoms with Crippen LogP contribution >= 0.6 is 23.4 Å². The number of aliphatic imine (C=N–C) groups is 1. The fourth-order valence-electron chi connectivity index (χ4n) is 2.82. The minimum atomic E-state index is 0.523. The minimum Gasteiger partial charge on any atom is -0.356 e. The molecule has 2 rings (SSSR count). The summed E-state index contributed by atoms with van der Waals surface area (Å²) in [4.78, 5) is 8.13. The molecular weight excluding hydrogens is 340 g/mol. The van der Waals surface area contributed by atoms with Crippen LogP contribution in [0.3, 0.4) is 0 Å². The van der Waals surface area contributed by atoms with E-state index in [9.17, 15) is 0 Å². The van der Waals surface area contributed by atoms with Crippen molar-refractivity contribution in [3.8, 4) is 0 Å². The van der Waals surface area contributed by atoms with Gasteiger partial charge in [0.1, 0.15) is 0 Å². The number of piperidine rings is 1. The Morgan fingerprint density at radius 2 is 1.96 bits per heavy atom. The standard InChI is InChI=1S/C18H29ClN4S/c1-14(2)23-11-8-16(9-12-23)22-18(20-3)21-10-13-24-17-6-4-15(19)5-7-17/h4-7,14,16H,8-13H2,1-3H3,(H2,20,21,22). The van der Waals surface area contributed by atoms with Crippen LogP contribution in [0.4, 0.5) is 0 Å². The topological polar surface area (TPSA) is 39.7 Å². The smallest absolute Gasteiger partial charge is 0.191 e. The van der Waals surface area contributed by atoms with E-state index >= 15 is 0 Å². The van der Waals surface area contributed by atoms with E-state index in [0.717, 1.165) is 23.3 Å². The van der Waals surface area contributed by atoms with E-state index in [-0.39, 0.29) is 0 Å². The summed E-state index contributed by atoms with van der Waals surface area (Å²) >= 11 is 7.72. The van der Waals surface area contributed by atoms with Crippen molar-refractivity contribution in [3.63, 3.8) is 0 Å². The molecule has 2 N–H and O–H groups in total. The highest BCUT2D eigenvalue weighted by molar-refractivity contribution is 7.99. The number of thioether (sulfide) groups is 1. The van der Waals surface area contributed by atoms with Gasteiger partial charge in [-0.2, -0.15) is 0 Å². The maximum absolute atomic E-state index is 5.90. The average Bonchev–Trinajstić information content (AvgIpc) is 2.59. The second-order valence-electron chi connectivity index (χ2n) is 6.35. The Labute approximate surface area is 155 Å². The van der Waals surface area contributed by atoms with Crippen LogP contribution in [0.2, 0.25) is 5.02 Å². The molecule has 0 bridgehead atoms. The molecule has 0 atom stereocenters. The van der Waals surface area contributed by atoms with Gasteiger partial charge in [-0.05, 0) is 51.0 Å². The van der Waals surface area contributed by atoms with Crippen molar-refractivity contribution >= 4 is 29.3 Å². The van der Waals surface area contributed by atoms with Gasteiger partial charge in [-0.25, -0.2) is 0 Å². The number of halogens is 1. The van der Waals surface area contributed by atoms with Crippen LogP contribution in [0.25, 0.3) is 0 Å². The highest BCUT2D eigenvalue weighted by atomic mass is 35.5. The monoisotopic (exact) mass is 368 g/mol. The first-order valence-electron chi connectivity index (χ1n) is 8.68. The van der Waals surface area contributed by atoms with Crippen LogP contribution in [0.15, 0.2) is 34.2 Å². The molecule has 1 saturated heterocycles. The second-order valence-corrected chi connectivity index (χ2v) is 7.95.